The Balaban J connectivity index is 1.63. The average Bonchev–Trinajstić information content (AvgIpc) is 2.98. The second-order valence-electron chi connectivity index (χ2n) is 5.47. The van der Waals surface area contributed by atoms with Crippen LogP contribution in [0.5, 0.6) is 0 Å². The van der Waals surface area contributed by atoms with Crippen LogP contribution in [0, 0.1) is 0 Å². The molecule has 7 nitrogen and oxygen atoms in total. The van der Waals surface area contributed by atoms with E-state index >= 15 is 0 Å². The van der Waals surface area contributed by atoms with Gasteiger partial charge in [0.2, 0.25) is 5.91 Å². The number of carbonyl (C=O) groups is 1. The van der Waals surface area contributed by atoms with Crippen molar-refractivity contribution in [1.82, 2.24) is 20.3 Å². The molecule has 1 fully saturated rings. The van der Waals surface area contributed by atoms with Gasteiger partial charge in [-0.2, -0.15) is 0 Å². The van der Waals surface area contributed by atoms with Crippen LogP contribution in [0.3, 0.4) is 0 Å². The fraction of sp³-hybridized carbons (Fsp3) is 0.667. The van der Waals surface area contributed by atoms with E-state index in [1.54, 1.807) is 11.6 Å². The number of nitrogens with one attached hydrogen (secondary N) is 1. The number of hydrogen-bond donors (Lipinski definition) is 1. The number of rotatable bonds is 8. The molecule has 1 atom stereocenters. The van der Waals surface area contributed by atoms with Gasteiger partial charge in [0, 0.05) is 25.3 Å². The molecule has 22 heavy (non-hydrogen) atoms. The van der Waals surface area contributed by atoms with E-state index in [1.807, 2.05) is 6.20 Å². The fourth-order valence-electron chi connectivity index (χ4n) is 2.13. The number of carbonyl (C=O) groups excluding carboxylic acids is 1. The smallest absolute Gasteiger partial charge is 0.246 e. The molecule has 1 N–H and O–H groups in total. The van der Waals surface area contributed by atoms with E-state index in [4.69, 9.17) is 9.47 Å². The topological polar surface area (TPSA) is 78.3 Å². The first kappa shape index (κ1) is 16.6. The number of aryl methyl sites for hydroxylation is 1. The third kappa shape index (κ3) is 5.57. The highest BCUT2D eigenvalue weighted by Crippen LogP contribution is 2.14. The minimum atomic E-state index is -0.115. The lowest BCUT2D eigenvalue weighted by Crippen LogP contribution is -2.25. The van der Waals surface area contributed by atoms with Gasteiger partial charge in [-0.3, -0.25) is 9.48 Å². The van der Waals surface area contributed by atoms with Crippen molar-refractivity contribution in [3.63, 3.8) is 0 Å². The normalized spacial score (nSPS) is 18.1. The Morgan fingerprint density at radius 3 is 3.18 bits per heavy atom. The van der Waals surface area contributed by atoms with Crippen molar-refractivity contribution in [2.24, 2.45) is 0 Å². The van der Waals surface area contributed by atoms with E-state index in [9.17, 15) is 4.79 Å². The van der Waals surface area contributed by atoms with Crippen molar-refractivity contribution in [1.29, 1.82) is 0 Å². The van der Waals surface area contributed by atoms with E-state index in [2.05, 4.69) is 22.2 Å². The molecule has 0 spiro atoms. The Kier molecular flexibility index (Phi) is 6.54. The van der Waals surface area contributed by atoms with E-state index < -0.39 is 0 Å². The van der Waals surface area contributed by atoms with Crippen LogP contribution in [0.4, 0.5) is 0 Å². The molecule has 1 amide bonds. The quantitative estimate of drug-likeness (QED) is 0.580. The van der Waals surface area contributed by atoms with Crippen molar-refractivity contribution in [3.05, 3.63) is 24.0 Å². The molecule has 0 aliphatic carbocycles. The molecule has 1 aromatic heterocycles. The van der Waals surface area contributed by atoms with Gasteiger partial charge in [-0.15, -0.1) is 5.10 Å². The largest absolute Gasteiger partial charge is 0.353 e. The van der Waals surface area contributed by atoms with Crippen molar-refractivity contribution >= 4 is 5.91 Å². The Bertz CT molecular complexity index is 495. The average molecular weight is 308 g/mol. The molecule has 0 saturated carbocycles. The maximum atomic E-state index is 11.3. The van der Waals surface area contributed by atoms with Gasteiger partial charge in [-0.25, -0.2) is 0 Å². The minimum absolute atomic E-state index is 0.111. The van der Waals surface area contributed by atoms with Gasteiger partial charge in [0.15, 0.2) is 6.29 Å². The summed E-state index contributed by atoms with van der Waals surface area (Å²) in [5.41, 5.74) is 1.31. The summed E-state index contributed by atoms with van der Waals surface area (Å²) in [5.74, 6) is -0.111. The molecule has 1 aliphatic rings. The lowest BCUT2D eigenvalue weighted by atomic mass is 10.2. The third-order valence-corrected chi connectivity index (χ3v) is 3.38. The van der Waals surface area contributed by atoms with E-state index in [0.29, 0.717) is 25.3 Å². The van der Waals surface area contributed by atoms with Crippen LogP contribution in [-0.2, 0) is 27.4 Å². The Morgan fingerprint density at radius 1 is 1.59 bits per heavy atom. The standard InChI is InChI=1S/C15H24N4O3/c1-12(2)15(20)16-7-5-8-19-10-13(17-18-19)11-22-14-6-3-4-9-21-14/h10,14H,1,3-9,11H2,2H3,(H,16,20). The molecule has 0 bridgehead atoms. The summed E-state index contributed by atoms with van der Waals surface area (Å²) in [6.45, 7) is 7.75. The number of amides is 1. The van der Waals surface area contributed by atoms with Gasteiger partial charge in [0.25, 0.3) is 0 Å². The molecule has 0 aromatic carbocycles. The first-order chi connectivity index (χ1) is 10.6. The van der Waals surface area contributed by atoms with E-state index in [0.717, 1.165) is 38.0 Å². The highest BCUT2D eigenvalue weighted by atomic mass is 16.7. The van der Waals surface area contributed by atoms with Gasteiger partial charge in [-0.05, 0) is 32.6 Å². The van der Waals surface area contributed by atoms with E-state index in [-0.39, 0.29) is 12.2 Å². The van der Waals surface area contributed by atoms with E-state index in [1.165, 1.54) is 0 Å². The van der Waals surface area contributed by atoms with Gasteiger partial charge >= 0.3 is 0 Å². The zero-order valence-corrected chi connectivity index (χ0v) is 13.1. The van der Waals surface area contributed by atoms with Crippen molar-refractivity contribution in [3.8, 4) is 0 Å². The summed E-state index contributed by atoms with van der Waals surface area (Å²) >= 11 is 0. The Hall–Kier alpha value is -1.73. The second kappa shape index (κ2) is 8.65. The zero-order valence-electron chi connectivity index (χ0n) is 13.1. The molecule has 7 heteroatoms. The summed E-state index contributed by atoms with van der Waals surface area (Å²) in [6.07, 6.45) is 5.73. The number of aromatic nitrogens is 3. The van der Waals surface area contributed by atoms with Gasteiger partial charge in [0.1, 0.15) is 5.69 Å². The molecular weight excluding hydrogens is 284 g/mol. The molecule has 1 unspecified atom stereocenters. The molecule has 1 saturated heterocycles. The van der Waals surface area contributed by atoms with Crippen LogP contribution in [0.1, 0.15) is 38.3 Å². The molecule has 1 aromatic rings. The summed E-state index contributed by atoms with van der Waals surface area (Å²) in [7, 11) is 0. The molecule has 2 rings (SSSR count). The van der Waals surface area contributed by atoms with Crippen LogP contribution < -0.4 is 5.32 Å². The fourth-order valence-corrected chi connectivity index (χ4v) is 2.13. The maximum absolute atomic E-state index is 11.3. The molecule has 1 aliphatic heterocycles. The Morgan fingerprint density at radius 2 is 2.45 bits per heavy atom. The number of hydrogen-bond acceptors (Lipinski definition) is 5. The van der Waals surface area contributed by atoms with Gasteiger partial charge < -0.3 is 14.8 Å². The molecule has 122 valence electrons. The van der Waals surface area contributed by atoms with Crippen molar-refractivity contribution in [2.45, 2.75) is 52.0 Å². The first-order valence-electron chi connectivity index (χ1n) is 7.71. The molecular formula is C15H24N4O3. The summed E-state index contributed by atoms with van der Waals surface area (Å²) in [6, 6.07) is 0. The van der Waals surface area contributed by atoms with Crippen LogP contribution in [0.15, 0.2) is 18.3 Å². The number of nitrogens with zero attached hydrogens (tertiary/aromatic N) is 3. The zero-order chi connectivity index (χ0) is 15.8. The summed E-state index contributed by atoms with van der Waals surface area (Å²) in [4.78, 5) is 11.3. The second-order valence-corrected chi connectivity index (χ2v) is 5.47. The summed E-state index contributed by atoms with van der Waals surface area (Å²) in [5, 5.41) is 10.9. The highest BCUT2D eigenvalue weighted by Gasteiger charge is 2.14. The maximum Gasteiger partial charge on any atom is 0.246 e. The monoisotopic (exact) mass is 308 g/mol. The first-order valence-corrected chi connectivity index (χ1v) is 7.71. The lowest BCUT2D eigenvalue weighted by molar-refractivity contribution is -0.169. The lowest BCUT2D eigenvalue weighted by Gasteiger charge is -2.22. The molecule has 2 heterocycles. The summed E-state index contributed by atoms with van der Waals surface area (Å²) < 4.78 is 12.9. The minimum Gasteiger partial charge on any atom is -0.353 e. The Labute approximate surface area is 130 Å². The highest BCUT2D eigenvalue weighted by molar-refractivity contribution is 5.91. The third-order valence-electron chi connectivity index (χ3n) is 3.38. The van der Waals surface area contributed by atoms with Crippen molar-refractivity contribution < 1.29 is 14.3 Å². The van der Waals surface area contributed by atoms with Crippen LogP contribution >= 0.6 is 0 Å². The van der Waals surface area contributed by atoms with Gasteiger partial charge in [-0.1, -0.05) is 11.8 Å². The van der Waals surface area contributed by atoms with Crippen LogP contribution in [0.25, 0.3) is 0 Å². The predicted octanol–water partition coefficient (Wildman–Crippen LogP) is 1.40. The van der Waals surface area contributed by atoms with Crippen molar-refractivity contribution in [2.75, 3.05) is 13.2 Å². The SMILES string of the molecule is C=C(C)C(=O)NCCCn1cc(COC2CCCCO2)nn1. The number of ether oxygens (including phenoxy) is 2. The molecule has 0 radical (unpaired) electrons. The van der Waals surface area contributed by atoms with Gasteiger partial charge in [0.05, 0.1) is 12.8 Å². The predicted molar refractivity (Wildman–Crippen MR) is 80.8 cm³/mol. The van der Waals surface area contributed by atoms with Crippen LogP contribution in [-0.4, -0.2) is 40.3 Å². The van der Waals surface area contributed by atoms with Crippen LogP contribution in [0.2, 0.25) is 0 Å².